The van der Waals surface area contributed by atoms with Crippen molar-refractivity contribution in [2.45, 2.75) is 19.3 Å². The first-order valence-corrected chi connectivity index (χ1v) is 6.93. The van der Waals surface area contributed by atoms with Gasteiger partial charge in [0.2, 0.25) is 0 Å². The molecule has 0 radical (unpaired) electrons. The standard InChI is InChI=1S/C17H19NO/c18-10-3-4-11-19-17-9-5-8-15-14-7-2-1-6-13(14)12-16(15)17/h1-2,5-9H,3-4,10-12,18H2. The average Bonchev–Trinajstić information content (AvgIpc) is 2.83. The van der Waals surface area contributed by atoms with Crippen LogP contribution in [0.3, 0.4) is 0 Å². The van der Waals surface area contributed by atoms with Crippen LogP contribution < -0.4 is 10.5 Å². The lowest BCUT2D eigenvalue weighted by atomic mass is 10.1. The van der Waals surface area contributed by atoms with Gasteiger partial charge in [0.25, 0.3) is 0 Å². The number of unbranched alkanes of at least 4 members (excludes halogenated alkanes) is 1. The molecule has 19 heavy (non-hydrogen) atoms. The number of fused-ring (bicyclic) bond motifs is 3. The first-order chi connectivity index (χ1) is 9.40. The van der Waals surface area contributed by atoms with E-state index >= 15 is 0 Å². The lowest BCUT2D eigenvalue weighted by Gasteiger charge is -2.10. The van der Waals surface area contributed by atoms with Crippen LogP contribution in [0.5, 0.6) is 5.75 Å². The summed E-state index contributed by atoms with van der Waals surface area (Å²) < 4.78 is 5.93. The third-order valence-electron chi connectivity index (χ3n) is 3.66. The molecule has 0 bridgehead atoms. The van der Waals surface area contributed by atoms with Crippen molar-refractivity contribution < 1.29 is 4.74 Å². The van der Waals surface area contributed by atoms with Gasteiger partial charge in [-0.2, -0.15) is 0 Å². The number of nitrogens with two attached hydrogens (primary N) is 1. The second kappa shape index (κ2) is 5.45. The van der Waals surface area contributed by atoms with Crippen molar-refractivity contribution in [2.24, 2.45) is 5.73 Å². The van der Waals surface area contributed by atoms with Gasteiger partial charge in [-0.05, 0) is 42.1 Å². The van der Waals surface area contributed by atoms with Crippen LogP contribution in [-0.4, -0.2) is 13.2 Å². The van der Waals surface area contributed by atoms with Crippen LogP contribution >= 0.6 is 0 Å². The number of rotatable bonds is 5. The van der Waals surface area contributed by atoms with E-state index in [1.807, 2.05) is 0 Å². The Balaban J connectivity index is 1.82. The van der Waals surface area contributed by atoms with Gasteiger partial charge in [0, 0.05) is 12.0 Å². The number of ether oxygens (including phenoxy) is 1. The van der Waals surface area contributed by atoms with Gasteiger partial charge in [-0.3, -0.25) is 0 Å². The summed E-state index contributed by atoms with van der Waals surface area (Å²) in [5.41, 5.74) is 10.9. The Labute approximate surface area is 114 Å². The maximum Gasteiger partial charge on any atom is 0.123 e. The molecule has 0 amide bonds. The van der Waals surface area contributed by atoms with E-state index in [9.17, 15) is 0 Å². The molecule has 3 rings (SSSR count). The summed E-state index contributed by atoms with van der Waals surface area (Å²) in [5, 5.41) is 0. The van der Waals surface area contributed by atoms with E-state index in [2.05, 4.69) is 42.5 Å². The molecule has 0 atom stereocenters. The number of hydrogen-bond donors (Lipinski definition) is 1. The zero-order valence-corrected chi connectivity index (χ0v) is 11.1. The Kier molecular flexibility index (Phi) is 3.51. The lowest BCUT2D eigenvalue weighted by molar-refractivity contribution is 0.305. The van der Waals surface area contributed by atoms with Gasteiger partial charge in [0.15, 0.2) is 0 Å². The Morgan fingerprint density at radius 1 is 0.947 bits per heavy atom. The van der Waals surface area contributed by atoms with Crippen molar-refractivity contribution in [1.82, 2.24) is 0 Å². The maximum atomic E-state index is 5.93. The summed E-state index contributed by atoms with van der Waals surface area (Å²) >= 11 is 0. The zero-order chi connectivity index (χ0) is 13.1. The molecule has 2 nitrogen and oxygen atoms in total. The SMILES string of the molecule is NCCCCOc1cccc2c1Cc1ccccc1-2. The summed E-state index contributed by atoms with van der Waals surface area (Å²) in [7, 11) is 0. The van der Waals surface area contributed by atoms with Crippen LogP contribution in [-0.2, 0) is 6.42 Å². The summed E-state index contributed by atoms with van der Waals surface area (Å²) in [5.74, 6) is 1.03. The van der Waals surface area contributed by atoms with Gasteiger partial charge >= 0.3 is 0 Å². The second-order valence-electron chi connectivity index (χ2n) is 4.96. The zero-order valence-electron chi connectivity index (χ0n) is 11.1. The Hall–Kier alpha value is -1.80. The van der Waals surface area contributed by atoms with Crippen LogP contribution in [0.4, 0.5) is 0 Å². The summed E-state index contributed by atoms with van der Waals surface area (Å²) in [6.45, 7) is 1.49. The molecule has 2 aromatic carbocycles. The molecule has 0 spiro atoms. The molecule has 0 saturated carbocycles. The summed E-state index contributed by atoms with van der Waals surface area (Å²) in [4.78, 5) is 0. The van der Waals surface area contributed by atoms with Crippen LogP contribution in [0, 0.1) is 0 Å². The van der Waals surface area contributed by atoms with Crippen molar-refractivity contribution in [3.8, 4) is 16.9 Å². The van der Waals surface area contributed by atoms with E-state index in [4.69, 9.17) is 10.5 Å². The highest BCUT2D eigenvalue weighted by Gasteiger charge is 2.20. The smallest absolute Gasteiger partial charge is 0.123 e. The van der Waals surface area contributed by atoms with E-state index in [-0.39, 0.29) is 0 Å². The largest absolute Gasteiger partial charge is 0.493 e. The first kappa shape index (κ1) is 12.2. The van der Waals surface area contributed by atoms with Gasteiger partial charge in [-0.1, -0.05) is 36.4 Å². The number of benzene rings is 2. The van der Waals surface area contributed by atoms with Crippen molar-refractivity contribution in [3.05, 3.63) is 53.6 Å². The molecular weight excluding hydrogens is 234 g/mol. The minimum Gasteiger partial charge on any atom is -0.493 e. The molecule has 2 aromatic rings. The fraction of sp³-hybridized carbons (Fsp3) is 0.294. The highest BCUT2D eigenvalue weighted by Crippen LogP contribution is 2.40. The average molecular weight is 253 g/mol. The monoisotopic (exact) mass is 253 g/mol. The number of hydrogen-bond acceptors (Lipinski definition) is 2. The van der Waals surface area contributed by atoms with Crippen LogP contribution in [0.25, 0.3) is 11.1 Å². The van der Waals surface area contributed by atoms with Gasteiger partial charge in [0.1, 0.15) is 5.75 Å². The lowest BCUT2D eigenvalue weighted by Crippen LogP contribution is -2.04. The van der Waals surface area contributed by atoms with Gasteiger partial charge in [0.05, 0.1) is 6.61 Å². The van der Waals surface area contributed by atoms with Crippen molar-refractivity contribution in [2.75, 3.05) is 13.2 Å². The van der Waals surface area contributed by atoms with Crippen molar-refractivity contribution in [1.29, 1.82) is 0 Å². The molecule has 1 aliphatic rings. The summed E-state index contributed by atoms with van der Waals surface area (Å²) in [6.07, 6.45) is 3.03. The second-order valence-corrected chi connectivity index (χ2v) is 4.96. The van der Waals surface area contributed by atoms with Gasteiger partial charge < -0.3 is 10.5 Å². The quantitative estimate of drug-likeness (QED) is 0.707. The van der Waals surface area contributed by atoms with Gasteiger partial charge in [-0.15, -0.1) is 0 Å². The van der Waals surface area contributed by atoms with E-state index < -0.39 is 0 Å². The minimum atomic E-state index is 0.738. The van der Waals surface area contributed by atoms with E-state index in [0.29, 0.717) is 0 Å². The predicted octanol–water partition coefficient (Wildman–Crippen LogP) is 3.38. The molecule has 0 saturated heterocycles. The molecule has 1 aliphatic carbocycles. The highest BCUT2D eigenvalue weighted by molar-refractivity contribution is 5.78. The fourth-order valence-electron chi connectivity index (χ4n) is 2.69. The summed E-state index contributed by atoms with van der Waals surface area (Å²) in [6, 6.07) is 14.9. The van der Waals surface area contributed by atoms with Crippen LogP contribution in [0.15, 0.2) is 42.5 Å². The van der Waals surface area contributed by atoms with Gasteiger partial charge in [-0.25, -0.2) is 0 Å². The Bertz CT molecular complexity index is 577. The van der Waals surface area contributed by atoms with Crippen LogP contribution in [0.1, 0.15) is 24.0 Å². The van der Waals surface area contributed by atoms with Crippen LogP contribution in [0.2, 0.25) is 0 Å². The molecule has 0 aliphatic heterocycles. The van der Waals surface area contributed by atoms with E-state index in [1.165, 1.54) is 22.3 Å². The van der Waals surface area contributed by atoms with E-state index in [0.717, 1.165) is 38.2 Å². The Morgan fingerprint density at radius 2 is 1.79 bits per heavy atom. The molecule has 0 heterocycles. The molecule has 0 aromatic heterocycles. The normalized spacial score (nSPS) is 12.1. The van der Waals surface area contributed by atoms with E-state index in [1.54, 1.807) is 0 Å². The van der Waals surface area contributed by atoms with Crippen molar-refractivity contribution >= 4 is 0 Å². The molecule has 2 N–H and O–H groups in total. The molecule has 0 fully saturated rings. The maximum absolute atomic E-state index is 5.93. The molecule has 98 valence electrons. The Morgan fingerprint density at radius 3 is 2.68 bits per heavy atom. The first-order valence-electron chi connectivity index (χ1n) is 6.93. The third kappa shape index (κ3) is 2.36. The predicted molar refractivity (Wildman–Crippen MR) is 78.5 cm³/mol. The fourth-order valence-corrected chi connectivity index (χ4v) is 2.69. The highest BCUT2D eigenvalue weighted by atomic mass is 16.5. The third-order valence-corrected chi connectivity index (χ3v) is 3.66. The minimum absolute atomic E-state index is 0.738. The molecular formula is C17H19NO. The van der Waals surface area contributed by atoms with Crippen molar-refractivity contribution in [3.63, 3.8) is 0 Å². The molecule has 2 heteroatoms. The topological polar surface area (TPSA) is 35.2 Å². The molecule has 0 unspecified atom stereocenters.